The summed E-state index contributed by atoms with van der Waals surface area (Å²) in [7, 11) is -0.917. The molecule has 0 aromatic carbocycles. The molecule has 0 spiro atoms. The van der Waals surface area contributed by atoms with Crippen molar-refractivity contribution in [1.82, 2.24) is 10.3 Å². The van der Waals surface area contributed by atoms with Crippen LogP contribution in [0.4, 0.5) is 10.9 Å². The molecule has 0 saturated carbocycles. The fourth-order valence-corrected chi connectivity index (χ4v) is 2.53. The molecule has 0 aliphatic heterocycles. The molecule has 6 nitrogen and oxygen atoms in total. The Hall–Kier alpha value is -1.15. The van der Waals surface area contributed by atoms with Crippen molar-refractivity contribution >= 4 is 39.0 Å². The van der Waals surface area contributed by atoms with E-state index >= 15 is 0 Å². The van der Waals surface area contributed by atoms with E-state index in [4.69, 9.17) is 5.73 Å². The Labute approximate surface area is 113 Å². The first-order valence-corrected chi connectivity index (χ1v) is 8.05. The number of nitrogens with one attached hydrogen (secondary N) is 2. The minimum absolute atomic E-state index is 0.221. The van der Waals surface area contributed by atoms with E-state index in [1.807, 2.05) is 13.8 Å². The van der Waals surface area contributed by atoms with Crippen LogP contribution in [0, 0.1) is 0 Å². The zero-order valence-corrected chi connectivity index (χ0v) is 12.3. The Bertz CT molecular complexity index is 445. The highest BCUT2D eigenvalue weighted by Crippen LogP contribution is 2.25. The maximum Gasteiger partial charge on any atom is 0.265 e. The Morgan fingerprint density at radius 3 is 2.78 bits per heavy atom. The van der Waals surface area contributed by atoms with E-state index < -0.39 is 10.8 Å². The van der Waals surface area contributed by atoms with Crippen molar-refractivity contribution in [1.29, 1.82) is 0 Å². The van der Waals surface area contributed by atoms with Gasteiger partial charge in [0.15, 0.2) is 5.13 Å². The van der Waals surface area contributed by atoms with Crippen LogP contribution in [-0.4, -0.2) is 39.7 Å². The number of hydrogen-bond donors (Lipinski definition) is 3. The first-order valence-electron chi connectivity index (χ1n) is 5.51. The van der Waals surface area contributed by atoms with Gasteiger partial charge in [-0.25, -0.2) is 4.98 Å². The summed E-state index contributed by atoms with van der Waals surface area (Å²) < 4.78 is 10.9. The van der Waals surface area contributed by atoms with Crippen LogP contribution < -0.4 is 16.4 Å². The van der Waals surface area contributed by atoms with Crippen molar-refractivity contribution in [2.75, 3.05) is 29.6 Å². The van der Waals surface area contributed by atoms with Gasteiger partial charge in [-0.2, -0.15) is 0 Å². The monoisotopic (exact) mass is 290 g/mol. The highest BCUT2D eigenvalue weighted by atomic mass is 32.2. The Morgan fingerprint density at radius 2 is 2.22 bits per heavy atom. The molecule has 1 unspecified atom stereocenters. The van der Waals surface area contributed by atoms with Gasteiger partial charge in [0.05, 0.1) is 0 Å². The zero-order chi connectivity index (χ0) is 13.7. The summed E-state index contributed by atoms with van der Waals surface area (Å²) in [5.74, 6) is 0.382. The highest BCUT2D eigenvalue weighted by Gasteiger charge is 2.16. The smallest absolute Gasteiger partial charge is 0.265 e. The van der Waals surface area contributed by atoms with E-state index in [0.29, 0.717) is 22.3 Å². The van der Waals surface area contributed by atoms with Crippen LogP contribution in [0.15, 0.2) is 0 Å². The number of amides is 1. The summed E-state index contributed by atoms with van der Waals surface area (Å²) in [6.07, 6.45) is 1.60. The Morgan fingerprint density at radius 1 is 1.56 bits per heavy atom. The maximum atomic E-state index is 11.8. The van der Waals surface area contributed by atoms with Crippen molar-refractivity contribution in [3.05, 3.63) is 4.88 Å². The molecule has 8 heteroatoms. The number of hydrogen-bond acceptors (Lipinski definition) is 6. The topological polar surface area (TPSA) is 97.1 Å². The molecule has 1 atom stereocenters. The molecule has 0 fully saturated rings. The molecule has 0 saturated heterocycles. The largest absolute Gasteiger partial charge is 0.382 e. The van der Waals surface area contributed by atoms with Gasteiger partial charge < -0.3 is 16.4 Å². The van der Waals surface area contributed by atoms with E-state index in [0.717, 1.165) is 0 Å². The molecule has 1 aromatic heterocycles. The van der Waals surface area contributed by atoms with E-state index in [1.165, 1.54) is 11.3 Å². The summed E-state index contributed by atoms with van der Waals surface area (Å²) in [6, 6.07) is 0.231. The summed E-state index contributed by atoms with van der Waals surface area (Å²) in [4.78, 5) is 16.3. The van der Waals surface area contributed by atoms with Gasteiger partial charge in [0, 0.05) is 35.4 Å². The van der Waals surface area contributed by atoms with Crippen LogP contribution in [0.3, 0.4) is 0 Å². The number of nitrogens with zero attached hydrogens (tertiary/aromatic N) is 1. The third kappa shape index (κ3) is 4.61. The fourth-order valence-electron chi connectivity index (χ4n) is 1.19. The molecule has 1 aromatic rings. The van der Waals surface area contributed by atoms with Crippen molar-refractivity contribution < 1.29 is 9.00 Å². The second-order valence-electron chi connectivity index (χ2n) is 4.07. The summed E-state index contributed by atoms with van der Waals surface area (Å²) >= 11 is 1.22. The van der Waals surface area contributed by atoms with Crippen molar-refractivity contribution in [3.8, 4) is 0 Å². The lowest BCUT2D eigenvalue weighted by atomic mass is 10.4. The molecule has 1 rings (SSSR count). The molecule has 1 heterocycles. The van der Waals surface area contributed by atoms with Gasteiger partial charge in [-0.05, 0) is 13.8 Å². The van der Waals surface area contributed by atoms with E-state index in [2.05, 4.69) is 15.6 Å². The second-order valence-corrected chi connectivity index (χ2v) is 6.62. The SMILES string of the molecule is CC(C)Nc1nc(N)c(C(=O)NCCS(C)=O)s1. The van der Waals surface area contributed by atoms with Crippen molar-refractivity contribution in [3.63, 3.8) is 0 Å². The summed E-state index contributed by atoms with van der Waals surface area (Å²) in [5.41, 5.74) is 5.69. The van der Waals surface area contributed by atoms with Gasteiger partial charge in [-0.1, -0.05) is 11.3 Å². The quantitative estimate of drug-likeness (QED) is 0.715. The van der Waals surface area contributed by atoms with Gasteiger partial charge in [0.25, 0.3) is 5.91 Å². The molecule has 0 radical (unpaired) electrons. The number of aromatic nitrogens is 1. The third-order valence-electron chi connectivity index (χ3n) is 1.95. The molecule has 1 amide bonds. The number of thiazole rings is 1. The Kier molecular flexibility index (Phi) is 5.54. The second kappa shape index (κ2) is 6.69. The third-order valence-corrected chi connectivity index (χ3v) is 3.73. The van der Waals surface area contributed by atoms with Crippen LogP contribution in [0.1, 0.15) is 23.5 Å². The molecular weight excluding hydrogens is 272 g/mol. The van der Waals surface area contributed by atoms with Gasteiger partial charge in [-0.15, -0.1) is 0 Å². The predicted molar refractivity (Wildman–Crippen MR) is 76.6 cm³/mol. The lowest BCUT2D eigenvalue weighted by Crippen LogP contribution is -2.27. The van der Waals surface area contributed by atoms with Gasteiger partial charge in [0.2, 0.25) is 0 Å². The highest BCUT2D eigenvalue weighted by molar-refractivity contribution is 7.84. The molecule has 102 valence electrons. The van der Waals surface area contributed by atoms with Crippen LogP contribution in [-0.2, 0) is 10.8 Å². The van der Waals surface area contributed by atoms with Gasteiger partial charge in [0.1, 0.15) is 10.7 Å². The number of anilines is 2. The average Bonchev–Trinajstić information content (AvgIpc) is 2.57. The molecule has 0 aliphatic rings. The average molecular weight is 290 g/mol. The minimum atomic E-state index is -0.917. The van der Waals surface area contributed by atoms with Crippen molar-refractivity contribution in [2.24, 2.45) is 0 Å². The molecule has 18 heavy (non-hydrogen) atoms. The van der Waals surface area contributed by atoms with E-state index in [1.54, 1.807) is 6.26 Å². The lowest BCUT2D eigenvalue weighted by Gasteiger charge is -2.04. The normalized spacial score (nSPS) is 12.4. The van der Waals surface area contributed by atoms with Gasteiger partial charge in [-0.3, -0.25) is 9.00 Å². The van der Waals surface area contributed by atoms with Crippen LogP contribution in [0.5, 0.6) is 0 Å². The molecule has 4 N–H and O–H groups in total. The standard InChI is InChI=1S/C10H18N4O2S2/c1-6(2)13-10-14-8(11)7(17-10)9(15)12-4-5-18(3)16/h6H,4-5,11H2,1-3H3,(H,12,15)(H,13,14). The van der Waals surface area contributed by atoms with Crippen LogP contribution in [0.25, 0.3) is 0 Å². The number of nitrogens with two attached hydrogens (primary N) is 1. The number of rotatable bonds is 6. The lowest BCUT2D eigenvalue weighted by molar-refractivity contribution is 0.0961. The Balaban J connectivity index is 2.62. The molecule has 0 bridgehead atoms. The maximum absolute atomic E-state index is 11.8. The first kappa shape index (κ1) is 14.9. The molecular formula is C10H18N4O2S2. The zero-order valence-electron chi connectivity index (χ0n) is 10.6. The van der Waals surface area contributed by atoms with Crippen molar-refractivity contribution in [2.45, 2.75) is 19.9 Å². The molecule has 0 aliphatic carbocycles. The van der Waals surface area contributed by atoms with E-state index in [9.17, 15) is 9.00 Å². The predicted octanol–water partition coefficient (Wildman–Crippen LogP) is 0.654. The van der Waals surface area contributed by atoms with Crippen LogP contribution in [0.2, 0.25) is 0 Å². The van der Waals surface area contributed by atoms with Crippen LogP contribution >= 0.6 is 11.3 Å². The van der Waals surface area contributed by atoms with Gasteiger partial charge >= 0.3 is 0 Å². The first-order chi connectivity index (χ1) is 8.40. The van der Waals surface area contributed by atoms with E-state index in [-0.39, 0.29) is 17.8 Å². The number of nitrogen functional groups attached to an aromatic ring is 1. The summed E-state index contributed by atoms with van der Waals surface area (Å²) in [5, 5.41) is 6.39. The fraction of sp³-hybridized carbons (Fsp3) is 0.600. The summed E-state index contributed by atoms with van der Waals surface area (Å²) in [6.45, 7) is 4.33. The minimum Gasteiger partial charge on any atom is -0.382 e. The number of carbonyl (C=O) groups is 1. The number of carbonyl (C=O) groups excluding carboxylic acids is 1.